The van der Waals surface area contributed by atoms with Crippen LogP contribution >= 0.6 is 0 Å². The molecule has 2 N–H and O–H groups in total. The van der Waals surface area contributed by atoms with Crippen LogP contribution in [0, 0.1) is 5.82 Å². The summed E-state index contributed by atoms with van der Waals surface area (Å²) in [6.45, 7) is 3.21. The van der Waals surface area contributed by atoms with Gasteiger partial charge >= 0.3 is 0 Å². The molecule has 1 aromatic rings. The van der Waals surface area contributed by atoms with Gasteiger partial charge in [0, 0.05) is 30.9 Å². The van der Waals surface area contributed by atoms with Crippen LogP contribution in [0.3, 0.4) is 0 Å². The van der Waals surface area contributed by atoms with Crippen molar-refractivity contribution >= 4 is 11.6 Å². The van der Waals surface area contributed by atoms with Gasteiger partial charge in [0.05, 0.1) is 0 Å². The van der Waals surface area contributed by atoms with Crippen LogP contribution in [0.25, 0.3) is 0 Å². The van der Waals surface area contributed by atoms with E-state index >= 15 is 0 Å². The predicted octanol–water partition coefficient (Wildman–Crippen LogP) is 1.19. The zero-order chi connectivity index (χ0) is 13.1. The zero-order valence-electron chi connectivity index (χ0n) is 10.5. The third kappa shape index (κ3) is 2.98. The fourth-order valence-electron chi connectivity index (χ4n) is 2.17. The van der Waals surface area contributed by atoms with E-state index in [1.807, 2.05) is 7.05 Å². The average molecular weight is 251 g/mol. The summed E-state index contributed by atoms with van der Waals surface area (Å²) in [5, 5.41) is 0. The maximum Gasteiger partial charge on any atom is 0.254 e. The van der Waals surface area contributed by atoms with E-state index in [4.69, 9.17) is 5.73 Å². The Morgan fingerprint density at radius 3 is 2.72 bits per heavy atom. The smallest absolute Gasteiger partial charge is 0.254 e. The molecule has 1 heterocycles. The summed E-state index contributed by atoms with van der Waals surface area (Å²) in [6.07, 6.45) is 0.938. The molecule has 1 fully saturated rings. The molecule has 1 aliphatic rings. The number of hydrogen-bond donors (Lipinski definition) is 1. The maximum absolute atomic E-state index is 13.2. The molecule has 0 aromatic heterocycles. The number of rotatable bonds is 1. The van der Waals surface area contributed by atoms with Crippen molar-refractivity contribution in [3.8, 4) is 0 Å². The highest BCUT2D eigenvalue weighted by Gasteiger charge is 2.19. The first-order chi connectivity index (χ1) is 8.56. The van der Waals surface area contributed by atoms with Gasteiger partial charge in [0.25, 0.3) is 5.91 Å². The number of hydrogen-bond acceptors (Lipinski definition) is 3. The lowest BCUT2D eigenvalue weighted by Gasteiger charge is -2.20. The van der Waals surface area contributed by atoms with E-state index < -0.39 is 5.82 Å². The van der Waals surface area contributed by atoms with Crippen LogP contribution in [0.1, 0.15) is 16.8 Å². The summed E-state index contributed by atoms with van der Waals surface area (Å²) in [6, 6.07) is 3.99. The van der Waals surface area contributed by atoms with E-state index in [2.05, 4.69) is 4.90 Å². The minimum Gasteiger partial charge on any atom is -0.399 e. The molecule has 18 heavy (non-hydrogen) atoms. The van der Waals surface area contributed by atoms with E-state index in [-0.39, 0.29) is 11.6 Å². The number of carbonyl (C=O) groups excluding carboxylic acids is 1. The van der Waals surface area contributed by atoms with Crippen LogP contribution in [0.5, 0.6) is 0 Å². The molecule has 0 aliphatic carbocycles. The monoisotopic (exact) mass is 251 g/mol. The minimum atomic E-state index is -0.467. The van der Waals surface area contributed by atoms with Crippen molar-refractivity contribution in [2.75, 3.05) is 39.0 Å². The highest BCUT2D eigenvalue weighted by molar-refractivity contribution is 5.95. The zero-order valence-corrected chi connectivity index (χ0v) is 10.5. The summed E-state index contributed by atoms with van der Waals surface area (Å²) in [5.41, 5.74) is 6.17. The molecule has 0 bridgehead atoms. The Kier molecular flexibility index (Phi) is 3.81. The molecule has 1 saturated heterocycles. The number of benzene rings is 1. The second kappa shape index (κ2) is 5.35. The van der Waals surface area contributed by atoms with E-state index in [1.54, 1.807) is 4.90 Å². The molecule has 5 heteroatoms. The third-order valence-corrected chi connectivity index (χ3v) is 3.17. The van der Waals surface area contributed by atoms with Gasteiger partial charge in [0.15, 0.2) is 0 Å². The van der Waals surface area contributed by atoms with Crippen LogP contribution in [0.15, 0.2) is 18.2 Å². The van der Waals surface area contributed by atoms with E-state index in [1.165, 1.54) is 18.2 Å². The molecule has 0 saturated carbocycles. The summed E-state index contributed by atoms with van der Waals surface area (Å²) < 4.78 is 13.2. The van der Waals surface area contributed by atoms with Gasteiger partial charge in [0.1, 0.15) is 5.82 Å². The number of carbonyl (C=O) groups is 1. The minimum absolute atomic E-state index is 0.142. The molecule has 98 valence electrons. The fraction of sp³-hybridized carbons (Fsp3) is 0.462. The second-order valence-corrected chi connectivity index (χ2v) is 4.72. The first-order valence-corrected chi connectivity index (χ1v) is 6.10. The van der Waals surface area contributed by atoms with Gasteiger partial charge in [-0.25, -0.2) is 4.39 Å². The van der Waals surface area contributed by atoms with Crippen molar-refractivity contribution in [2.24, 2.45) is 0 Å². The predicted molar refractivity (Wildman–Crippen MR) is 68.8 cm³/mol. The van der Waals surface area contributed by atoms with Crippen molar-refractivity contribution in [3.05, 3.63) is 29.6 Å². The van der Waals surface area contributed by atoms with Gasteiger partial charge < -0.3 is 15.5 Å². The number of nitrogen functional groups attached to an aromatic ring is 1. The summed E-state index contributed by atoms with van der Waals surface area (Å²) in [7, 11) is 2.04. The molecule has 4 nitrogen and oxygen atoms in total. The lowest BCUT2D eigenvalue weighted by molar-refractivity contribution is 0.0762. The number of anilines is 1. The van der Waals surface area contributed by atoms with E-state index in [0.29, 0.717) is 18.7 Å². The van der Waals surface area contributed by atoms with Gasteiger partial charge in [-0.3, -0.25) is 4.79 Å². The number of halogens is 1. The van der Waals surface area contributed by atoms with Gasteiger partial charge in [0.2, 0.25) is 0 Å². The van der Waals surface area contributed by atoms with Gasteiger partial charge in [-0.05, 0) is 38.2 Å². The second-order valence-electron chi connectivity index (χ2n) is 4.72. The normalized spacial score (nSPS) is 17.6. The maximum atomic E-state index is 13.2. The Hall–Kier alpha value is -1.62. The highest BCUT2D eigenvalue weighted by atomic mass is 19.1. The molecule has 0 unspecified atom stereocenters. The van der Waals surface area contributed by atoms with Crippen LogP contribution in [-0.4, -0.2) is 48.9 Å². The topological polar surface area (TPSA) is 49.6 Å². The number of likely N-dealkylation sites (N-methyl/N-ethyl adjacent to an activating group) is 1. The van der Waals surface area contributed by atoms with Gasteiger partial charge in [-0.1, -0.05) is 0 Å². The van der Waals surface area contributed by atoms with E-state index in [0.717, 1.165) is 19.5 Å². The largest absolute Gasteiger partial charge is 0.399 e. The fourth-order valence-corrected chi connectivity index (χ4v) is 2.17. The quantitative estimate of drug-likeness (QED) is 0.763. The van der Waals surface area contributed by atoms with Crippen LogP contribution in [0.2, 0.25) is 0 Å². The Labute approximate surface area is 106 Å². The molecule has 0 atom stereocenters. The van der Waals surface area contributed by atoms with Crippen LogP contribution in [0.4, 0.5) is 10.1 Å². The van der Waals surface area contributed by atoms with Gasteiger partial charge in [-0.15, -0.1) is 0 Å². The molecule has 1 amide bonds. The molecule has 1 aromatic carbocycles. The van der Waals surface area contributed by atoms with Crippen LogP contribution < -0.4 is 5.73 Å². The highest BCUT2D eigenvalue weighted by Crippen LogP contribution is 2.14. The molecule has 0 spiro atoms. The van der Waals surface area contributed by atoms with Crippen molar-refractivity contribution in [3.63, 3.8) is 0 Å². The Bertz CT molecular complexity index is 430. The molecular weight excluding hydrogens is 233 g/mol. The van der Waals surface area contributed by atoms with Crippen LogP contribution in [-0.2, 0) is 0 Å². The number of nitrogens with zero attached hydrogens (tertiary/aromatic N) is 2. The van der Waals surface area contributed by atoms with Crippen molar-refractivity contribution in [1.82, 2.24) is 9.80 Å². The average Bonchev–Trinajstić information content (AvgIpc) is 2.52. The third-order valence-electron chi connectivity index (χ3n) is 3.17. The molecule has 1 aliphatic heterocycles. The molecular formula is C13H18FN3O. The van der Waals surface area contributed by atoms with Crippen molar-refractivity contribution in [1.29, 1.82) is 0 Å². The SMILES string of the molecule is CN1CCCN(C(=O)c2cc(N)cc(F)c2)CC1. The van der Waals surface area contributed by atoms with Crippen molar-refractivity contribution < 1.29 is 9.18 Å². The lowest BCUT2D eigenvalue weighted by atomic mass is 10.1. The Balaban J connectivity index is 2.14. The Morgan fingerprint density at radius 1 is 1.22 bits per heavy atom. The first-order valence-electron chi connectivity index (χ1n) is 6.10. The van der Waals surface area contributed by atoms with Gasteiger partial charge in [-0.2, -0.15) is 0 Å². The molecule has 0 radical (unpaired) electrons. The van der Waals surface area contributed by atoms with Crippen molar-refractivity contribution in [2.45, 2.75) is 6.42 Å². The standard InChI is InChI=1S/C13H18FN3O/c1-16-3-2-4-17(6-5-16)13(18)10-7-11(14)9-12(15)8-10/h7-9H,2-6,15H2,1H3. The first kappa shape index (κ1) is 12.8. The lowest BCUT2D eigenvalue weighted by Crippen LogP contribution is -2.34. The number of amides is 1. The molecule has 2 rings (SSSR count). The summed E-state index contributed by atoms with van der Waals surface area (Å²) in [5.74, 6) is -0.609. The summed E-state index contributed by atoms with van der Waals surface area (Å²) in [4.78, 5) is 16.2. The summed E-state index contributed by atoms with van der Waals surface area (Å²) >= 11 is 0. The Morgan fingerprint density at radius 2 is 2.00 bits per heavy atom. The van der Waals surface area contributed by atoms with E-state index in [9.17, 15) is 9.18 Å². The number of nitrogens with two attached hydrogens (primary N) is 1.